The van der Waals surface area contributed by atoms with Crippen LogP contribution in [0.15, 0.2) is 35.2 Å². The van der Waals surface area contributed by atoms with E-state index < -0.39 is 0 Å². The molecular formula is C13H15BrN4O. The smallest absolute Gasteiger partial charge is 0.272 e. The van der Waals surface area contributed by atoms with Gasteiger partial charge in [-0.2, -0.15) is 0 Å². The summed E-state index contributed by atoms with van der Waals surface area (Å²) in [6.45, 7) is 2.81. The highest BCUT2D eigenvalue weighted by Gasteiger charge is 2.13. The number of aryl methyl sites for hydroxylation is 1. The minimum absolute atomic E-state index is 0.183. The van der Waals surface area contributed by atoms with Gasteiger partial charge in [-0.3, -0.25) is 9.78 Å². The van der Waals surface area contributed by atoms with Gasteiger partial charge in [0.1, 0.15) is 5.69 Å². The molecule has 0 fully saturated rings. The number of hydrogen-bond acceptors (Lipinski definition) is 3. The van der Waals surface area contributed by atoms with Gasteiger partial charge < -0.3 is 15.6 Å². The van der Waals surface area contributed by atoms with E-state index in [0.717, 1.165) is 17.4 Å². The maximum atomic E-state index is 12.2. The topological polar surface area (TPSA) is 72.9 Å². The molecule has 2 rings (SSSR count). The summed E-state index contributed by atoms with van der Waals surface area (Å²) in [7, 11) is 0. The van der Waals surface area contributed by atoms with Crippen molar-refractivity contribution in [1.29, 1.82) is 0 Å². The summed E-state index contributed by atoms with van der Waals surface area (Å²) in [6.07, 6.45) is 5.97. The molecule has 0 aliphatic rings. The summed E-state index contributed by atoms with van der Waals surface area (Å²) in [5.41, 5.74) is 7.58. The van der Waals surface area contributed by atoms with Crippen LogP contribution < -0.4 is 11.1 Å². The van der Waals surface area contributed by atoms with Gasteiger partial charge in [0.25, 0.3) is 5.91 Å². The van der Waals surface area contributed by atoms with Gasteiger partial charge in [-0.15, -0.1) is 0 Å². The van der Waals surface area contributed by atoms with Crippen LogP contribution in [-0.4, -0.2) is 15.5 Å². The molecule has 0 unspecified atom stereocenters. The molecular weight excluding hydrogens is 308 g/mol. The Hall–Kier alpha value is -1.82. The molecule has 0 bridgehead atoms. The number of rotatable bonds is 4. The number of nitrogens with two attached hydrogens (primary N) is 1. The molecule has 0 radical (unpaired) electrons. The fourth-order valence-electron chi connectivity index (χ4n) is 1.81. The molecule has 2 aromatic heterocycles. The minimum Gasteiger partial charge on any atom is -0.397 e. The van der Waals surface area contributed by atoms with E-state index >= 15 is 0 Å². The first kappa shape index (κ1) is 13.6. The van der Waals surface area contributed by atoms with Crippen molar-refractivity contribution in [3.05, 3.63) is 40.9 Å². The monoisotopic (exact) mass is 322 g/mol. The van der Waals surface area contributed by atoms with Crippen molar-refractivity contribution in [1.82, 2.24) is 9.55 Å². The van der Waals surface area contributed by atoms with Crippen LogP contribution in [0.3, 0.4) is 0 Å². The number of aromatic nitrogens is 2. The first-order valence-electron chi connectivity index (χ1n) is 5.98. The van der Waals surface area contributed by atoms with E-state index in [4.69, 9.17) is 5.73 Å². The van der Waals surface area contributed by atoms with E-state index in [-0.39, 0.29) is 5.91 Å². The number of nitrogens with zero attached hydrogens (tertiary/aromatic N) is 2. The van der Waals surface area contributed by atoms with E-state index in [1.54, 1.807) is 30.7 Å². The van der Waals surface area contributed by atoms with Gasteiger partial charge in [0.15, 0.2) is 0 Å². The van der Waals surface area contributed by atoms with Crippen LogP contribution in [0, 0.1) is 0 Å². The van der Waals surface area contributed by atoms with Gasteiger partial charge in [0.05, 0.1) is 15.8 Å². The van der Waals surface area contributed by atoms with Crippen LogP contribution >= 0.6 is 15.9 Å². The zero-order valence-electron chi connectivity index (χ0n) is 10.6. The molecule has 5 nitrogen and oxygen atoms in total. The molecule has 0 atom stereocenters. The number of nitrogens with one attached hydrogen (secondary N) is 1. The molecule has 2 heterocycles. The van der Waals surface area contributed by atoms with Crippen LogP contribution in [-0.2, 0) is 6.54 Å². The SMILES string of the molecule is CCCn1cc(N)cc1C(=O)Nc1ccncc1Br. The molecule has 100 valence electrons. The standard InChI is InChI=1S/C13H15BrN4O/c1-2-5-18-8-9(15)6-12(18)13(19)17-11-3-4-16-7-10(11)14/h3-4,6-8H,2,5,15H2,1H3,(H,16,17,19). The van der Waals surface area contributed by atoms with Gasteiger partial charge in [-0.05, 0) is 34.5 Å². The van der Waals surface area contributed by atoms with Crippen LogP contribution in [0.5, 0.6) is 0 Å². The van der Waals surface area contributed by atoms with Crippen LogP contribution in [0.25, 0.3) is 0 Å². The molecule has 0 aromatic carbocycles. The number of carbonyl (C=O) groups excluding carboxylic acids is 1. The lowest BCUT2D eigenvalue weighted by Crippen LogP contribution is -2.17. The Bertz CT molecular complexity index is 594. The van der Waals surface area contributed by atoms with Gasteiger partial charge in [-0.1, -0.05) is 6.92 Å². The van der Waals surface area contributed by atoms with E-state index in [2.05, 4.69) is 33.2 Å². The van der Waals surface area contributed by atoms with Crippen LogP contribution in [0.2, 0.25) is 0 Å². The summed E-state index contributed by atoms with van der Waals surface area (Å²) in [5, 5.41) is 2.84. The number of halogens is 1. The Morgan fingerprint density at radius 2 is 2.37 bits per heavy atom. The van der Waals surface area contributed by atoms with Crippen molar-refractivity contribution in [3.63, 3.8) is 0 Å². The first-order valence-corrected chi connectivity index (χ1v) is 6.77. The van der Waals surface area contributed by atoms with E-state index in [9.17, 15) is 4.79 Å². The van der Waals surface area contributed by atoms with Crippen molar-refractivity contribution < 1.29 is 4.79 Å². The summed E-state index contributed by atoms with van der Waals surface area (Å²) in [5.74, 6) is -0.183. The van der Waals surface area contributed by atoms with E-state index in [1.165, 1.54) is 0 Å². The van der Waals surface area contributed by atoms with Gasteiger partial charge >= 0.3 is 0 Å². The molecule has 0 aliphatic carbocycles. The molecule has 3 N–H and O–H groups in total. The highest BCUT2D eigenvalue weighted by atomic mass is 79.9. The second-order valence-electron chi connectivity index (χ2n) is 4.16. The fourth-order valence-corrected chi connectivity index (χ4v) is 2.16. The molecule has 2 aromatic rings. The Morgan fingerprint density at radius 3 is 3.05 bits per heavy atom. The normalized spacial score (nSPS) is 10.4. The average molecular weight is 323 g/mol. The zero-order chi connectivity index (χ0) is 13.8. The average Bonchev–Trinajstić information content (AvgIpc) is 2.74. The maximum absolute atomic E-state index is 12.2. The summed E-state index contributed by atoms with van der Waals surface area (Å²) in [4.78, 5) is 16.2. The Balaban J connectivity index is 2.23. The van der Waals surface area contributed by atoms with Crippen LogP contribution in [0.1, 0.15) is 23.8 Å². The molecule has 0 saturated heterocycles. The third-order valence-electron chi connectivity index (χ3n) is 2.64. The van der Waals surface area contributed by atoms with Crippen molar-refractivity contribution >= 4 is 33.2 Å². The number of carbonyl (C=O) groups is 1. The summed E-state index contributed by atoms with van der Waals surface area (Å²) >= 11 is 3.34. The number of anilines is 2. The molecule has 6 heteroatoms. The van der Waals surface area contributed by atoms with Gasteiger partial charge in [0.2, 0.25) is 0 Å². The molecule has 1 amide bonds. The van der Waals surface area contributed by atoms with Gasteiger partial charge in [0, 0.05) is 25.1 Å². The van der Waals surface area contributed by atoms with Crippen molar-refractivity contribution in [2.24, 2.45) is 0 Å². The highest BCUT2D eigenvalue weighted by molar-refractivity contribution is 9.10. The van der Waals surface area contributed by atoms with Crippen LogP contribution in [0.4, 0.5) is 11.4 Å². The quantitative estimate of drug-likeness (QED) is 0.909. The number of pyridine rings is 1. The highest BCUT2D eigenvalue weighted by Crippen LogP contribution is 2.21. The lowest BCUT2D eigenvalue weighted by molar-refractivity contribution is 0.101. The predicted octanol–water partition coefficient (Wildman–Crippen LogP) is 2.89. The minimum atomic E-state index is -0.183. The van der Waals surface area contributed by atoms with Gasteiger partial charge in [-0.25, -0.2) is 0 Å². The summed E-state index contributed by atoms with van der Waals surface area (Å²) in [6, 6.07) is 3.42. The molecule has 0 aliphatic heterocycles. The van der Waals surface area contributed by atoms with Crippen molar-refractivity contribution in [2.45, 2.75) is 19.9 Å². The first-order chi connectivity index (χ1) is 9.11. The van der Waals surface area contributed by atoms with E-state index in [1.807, 2.05) is 4.57 Å². The second kappa shape index (κ2) is 5.88. The number of nitrogen functional groups attached to an aromatic ring is 1. The third kappa shape index (κ3) is 3.14. The van der Waals surface area contributed by atoms with Crippen molar-refractivity contribution in [2.75, 3.05) is 11.1 Å². The Morgan fingerprint density at radius 1 is 1.58 bits per heavy atom. The van der Waals surface area contributed by atoms with E-state index in [0.29, 0.717) is 17.1 Å². The Kier molecular flexibility index (Phi) is 4.21. The number of amides is 1. The zero-order valence-corrected chi connectivity index (χ0v) is 12.1. The largest absolute Gasteiger partial charge is 0.397 e. The lowest BCUT2D eigenvalue weighted by Gasteiger charge is -2.09. The number of hydrogen-bond donors (Lipinski definition) is 2. The molecule has 0 spiro atoms. The van der Waals surface area contributed by atoms with Crippen molar-refractivity contribution in [3.8, 4) is 0 Å². The maximum Gasteiger partial charge on any atom is 0.272 e. The summed E-state index contributed by atoms with van der Waals surface area (Å²) < 4.78 is 2.60. The molecule has 0 saturated carbocycles. The third-order valence-corrected chi connectivity index (χ3v) is 3.27. The molecule has 19 heavy (non-hydrogen) atoms. The lowest BCUT2D eigenvalue weighted by atomic mass is 10.3. The Labute approximate surface area is 120 Å². The predicted molar refractivity (Wildman–Crippen MR) is 79.0 cm³/mol. The fraction of sp³-hybridized carbons (Fsp3) is 0.231. The second-order valence-corrected chi connectivity index (χ2v) is 5.02.